The number of hydrogen-bond acceptors (Lipinski definition) is 1. The van der Waals surface area contributed by atoms with E-state index in [1.54, 1.807) is 5.56 Å². The maximum Gasteiger partial charge on any atom is 0.0473 e. The van der Waals surface area contributed by atoms with Gasteiger partial charge in [-0.2, -0.15) is 0 Å². The van der Waals surface area contributed by atoms with Crippen molar-refractivity contribution in [3.8, 4) is 5.69 Å². The van der Waals surface area contributed by atoms with Crippen LogP contribution in [0.2, 0.25) is 0 Å². The summed E-state index contributed by atoms with van der Waals surface area (Å²) < 4.78 is 2.48. The van der Waals surface area contributed by atoms with E-state index in [0.29, 0.717) is 5.92 Å². The summed E-state index contributed by atoms with van der Waals surface area (Å²) in [5, 5.41) is 0. The van der Waals surface area contributed by atoms with Gasteiger partial charge in [0.1, 0.15) is 0 Å². The zero-order chi connectivity index (χ0) is 24.1. The molecule has 2 heteroatoms. The third kappa shape index (κ3) is 3.89. The van der Waals surface area contributed by atoms with Gasteiger partial charge < -0.3 is 9.47 Å². The van der Waals surface area contributed by atoms with Gasteiger partial charge >= 0.3 is 0 Å². The molecule has 1 atom stereocenters. The summed E-state index contributed by atoms with van der Waals surface area (Å²) in [5.74, 6) is 0.486. The Morgan fingerprint density at radius 1 is 1.12 bits per heavy atom. The molecule has 2 heterocycles. The first-order valence-corrected chi connectivity index (χ1v) is 13.4. The fourth-order valence-corrected chi connectivity index (χ4v) is 7.00. The molecule has 0 spiro atoms. The van der Waals surface area contributed by atoms with Crippen LogP contribution < -0.4 is 4.90 Å². The fraction of sp³-hybridized carbons (Fsp3) is 0.500. The van der Waals surface area contributed by atoms with Crippen LogP contribution in [0.25, 0.3) is 5.69 Å². The largest absolute Gasteiger partial charge is 0.321 e. The van der Waals surface area contributed by atoms with Crippen LogP contribution in [0.1, 0.15) is 90.0 Å². The molecule has 0 fully saturated rings. The lowest BCUT2D eigenvalue weighted by molar-refractivity contribution is 0.264. The van der Waals surface area contributed by atoms with Crippen LogP contribution in [0.3, 0.4) is 0 Å². The molecule has 2 aliphatic carbocycles. The average Bonchev–Trinajstić information content (AvgIpc) is 3.16. The van der Waals surface area contributed by atoms with Crippen molar-refractivity contribution < 1.29 is 0 Å². The predicted molar refractivity (Wildman–Crippen MR) is 146 cm³/mol. The summed E-state index contributed by atoms with van der Waals surface area (Å²) in [6.07, 6.45) is 20.4. The van der Waals surface area contributed by atoms with Crippen molar-refractivity contribution in [1.29, 1.82) is 0 Å². The van der Waals surface area contributed by atoms with E-state index in [2.05, 4.69) is 106 Å². The first kappa shape index (κ1) is 23.3. The zero-order valence-corrected chi connectivity index (χ0v) is 22.1. The smallest absolute Gasteiger partial charge is 0.0473 e. The lowest BCUT2D eigenvalue weighted by atomic mass is 9.69. The van der Waals surface area contributed by atoms with Gasteiger partial charge in [-0.25, -0.2) is 0 Å². The van der Waals surface area contributed by atoms with E-state index < -0.39 is 0 Å². The molecule has 5 rings (SSSR count). The van der Waals surface area contributed by atoms with Crippen LogP contribution in [0.5, 0.6) is 0 Å². The summed E-state index contributed by atoms with van der Waals surface area (Å²) in [6, 6.07) is 9.19. The van der Waals surface area contributed by atoms with Gasteiger partial charge in [0.05, 0.1) is 0 Å². The number of aromatic nitrogens is 1. The van der Waals surface area contributed by atoms with Gasteiger partial charge in [0.15, 0.2) is 0 Å². The quantitative estimate of drug-likeness (QED) is 0.438. The van der Waals surface area contributed by atoms with E-state index in [1.165, 1.54) is 66.0 Å². The number of allylic oxidation sites excluding steroid dienone is 5. The molecule has 0 amide bonds. The van der Waals surface area contributed by atoms with Gasteiger partial charge in [0.2, 0.25) is 0 Å². The third-order valence-electron chi connectivity index (χ3n) is 8.54. The Hall–Kier alpha value is -2.48. The highest BCUT2D eigenvalue weighted by Crippen LogP contribution is 2.46. The van der Waals surface area contributed by atoms with Crippen molar-refractivity contribution in [2.75, 3.05) is 4.90 Å². The topological polar surface area (TPSA) is 8.17 Å². The number of fused-ring (bicyclic) bond motifs is 1. The molecule has 0 saturated heterocycles. The Balaban J connectivity index is 1.54. The number of hydrogen-bond donors (Lipinski definition) is 0. The number of nitrogens with zero attached hydrogens (tertiary/aromatic N) is 2. The van der Waals surface area contributed by atoms with E-state index in [-0.39, 0.29) is 10.8 Å². The summed E-state index contributed by atoms with van der Waals surface area (Å²) in [7, 11) is 0. The fourth-order valence-electron chi connectivity index (χ4n) is 7.00. The molecular formula is C32H42N2. The normalized spacial score (nSPS) is 21.6. The minimum atomic E-state index is 0.268. The van der Waals surface area contributed by atoms with Gasteiger partial charge in [-0.15, -0.1) is 0 Å². The minimum absolute atomic E-state index is 0.268. The third-order valence-corrected chi connectivity index (χ3v) is 8.54. The highest BCUT2D eigenvalue weighted by molar-refractivity contribution is 5.64. The molecule has 1 aromatic heterocycles. The summed E-state index contributed by atoms with van der Waals surface area (Å²) in [6.45, 7) is 14.3. The second-order valence-electron chi connectivity index (χ2n) is 12.0. The van der Waals surface area contributed by atoms with Gasteiger partial charge in [0.25, 0.3) is 0 Å². The monoisotopic (exact) mass is 454 g/mol. The second kappa shape index (κ2) is 8.63. The Morgan fingerprint density at radius 2 is 1.91 bits per heavy atom. The first-order chi connectivity index (χ1) is 16.2. The van der Waals surface area contributed by atoms with Gasteiger partial charge in [-0.1, -0.05) is 65.3 Å². The molecular weight excluding hydrogens is 412 g/mol. The standard InChI is InChI=1S/C32H42N2/c1-7-18-31(3,4)27-17-20-33(28-15-9-8-14-26(27)28)24-12-10-13-25(21-24)34-22-23(2)30-29(34)16-11-19-32(30,5)6/h8,10,12-14,17,20-22,27H,7,9,11,15-16,18-19H2,1-6H3. The van der Waals surface area contributed by atoms with Crippen LogP contribution in [0.15, 0.2) is 66.2 Å². The molecule has 1 aromatic carbocycles. The minimum Gasteiger partial charge on any atom is -0.321 e. The maximum absolute atomic E-state index is 2.48. The van der Waals surface area contributed by atoms with Crippen LogP contribution in [0, 0.1) is 18.3 Å². The van der Waals surface area contributed by atoms with Crippen LogP contribution in [0.4, 0.5) is 5.69 Å². The molecule has 0 N–H and O–H groups in total. The number of aryl methyl sites for hydroxylation is 1. The van der Waals surface area contributed by atoms with Gasteiger partial charge in [-0.05, 0) is 91.2 Å². The van der Waals surface area contributed by atoms with Crippen LogP contribution in [-0.2, 0) is 11.8 Å². The number of rotatable bonds is 5. The van der Waals surface area contributed by atoms with Gasteiger partial charge in [-0.3, -0.25) is 0 Å². The molecule has 2 aromatic rings. The van der Waals surface area contributed by atoms with E-state index in [1.807, 2.05) is 0 Å². The van der Waals surface area contributed by atoms with Crippen molar-refractivity contribution in [2.24, 2.45) is 11.3 Å². The van der Waals surface area contributed by atoms with Crippen LogP contribution >= 0.6 is 0 Å². The Morgan fingerprint density at radius 3 is 2.71 bits per heavy atom. The molecule has 3 aliphatic rings. The average molecular weight is 455 g/mol. The Bertz CT molecular complexity index is 1170. The summed E-state index contributed by atoms with van der Waals surface area (Å²) in [5.41, 5.74) is 10.6. The number of anilines is 1. The Kier molecular flexibility index (Phi) is 5.91. The molecule has 1 aliphatic heterocycles. The van der Waals surface area contributed by atoms with E-state index in [4.69, 9.17) is 0 Å². The van der Waals surface area contributed by atoms with E-state index >= 15 is 0 Å². The first-order valence-electron chi connectivity index (χ1n) is 13.4. The molecule has 180 valence electrons. The number of benzene rings is 1. The van der Waals surface area contributed by atoms with Crippen molar-refractivity contribution >= 4 is 5.69 Å². The molecule has 34 heavy (non-hydrogen) atoms. The van der Waals surface area contributed by atoms with Crippen LogP contribution in [-0.4, -0.2) is 4.57 Å². The van der Waals surface area contributed by atoms with Crippen molar-refractivity contribution in [2.45, 2.75) is 91.9 Å². The maximum atomic E-state index is 2.48. The molecule has 0 bridgehead atoms. The van der Waals surface area contributed by atoms with E-state index in [0.717, 1.165) is 12.8 Å². The predicted octanol–water partition coefficient (Wildman–Crippen LogP) is 8.78. The zero-order valence-electron chi connectivity index (χ0n) is 22.1. The Labute approximate surface area is 207 Å². The van der Waals surface area contributed by atoms with Crippen molar-refractivity contribution in [1.82, 2.24) is 4.57 Å². The second-order valence-corrected chi connectivity index (χ2v) is 12.0. The molecule has 2 nitrogen and oxygen atoms in total. The summed E-state index contributed by atoms with van der Waals surface area (Å²) in [4.78, 5) is 2.47. The van der Waals surface area contributed by atoms with Crippen molar-refractivity contribution in [3.05, 3.63) is 83.0 Å². The van der Waals surface area contributed by atoms with Gasteiger partial charge in [0, 0.05) is 41.1 Å². The highest BCUT2D eigenvalue weighted by atomic mass is 15.1. The SMILES string of the molecule is CCCC(C)(C)C1C=CN(c2cccc(-n3cc(C)c4c3CCCC4(C)C)c2)C2=C1C=CCC2. The lowest BCUT2D eigenvalue weighted by Crippen LogP contribution is -2.32. The van der Waals surface area contributed by atoms with E-state index in [9.17, 15) is 0 Å². The van der Waals surface area contributed by atoms with Crippen molar-refractivity contribution in [3.63, 3.8) is 0 Å². The molecule has 0 saturated carbocycles. The summed E-state index contributed by atoms with van der Waals surface area (Å²) >= 11 is 0. The molecule has 1 unspecified atom stereocenters. The molecule has 0 radical (unpaired) electrons. The highest BCUT2D eigenvalue weighted by Gasteiger charge is 2.35. The lowest BCUT2D eigenvalue weighted by Gasteiger charge is -2.41.